The van der Waals surface area contributed by atoms with E-state index in [1.165, 1.54) is 12.1 Å². The second kappa shape index (κ2) is 8.77. The van der Waals surface area contributed by atoms with E-state index in [9.17, 15) is 9.18 Å². The van der Waals surface area contributed by atoms with Crippen molar-refractivity contribution >= 4 is 45.6 Å². The number of piperazine rings is 1. The summed E-state index contributed by atoms with van der Waals surface area (Å²) in [6.45, 7) is 2.68. The van der Waals surface area contributed by atoms with Gasteiger partial charge in [-0.3, -0.25) is 4.90 Å². The zero-order valence-corrected chi connectivity index (χ0v) is 19.9. The van der Waals surface area contributed by atoms with Crippen molar-refractivity contribution in [1.82, 2.24) is 9.88 Å². The van der Waals surface area contributed by atoms with Crippen LogP contribution in [0.4, 0.5) is 25.7 Å². The van der Waals surface area contributed by atoms with E-state index in [1.54, 1.807) is 35.2 Å². The molecular weight excluding hydrogens is 467 g/mol. The lowest BCUT2D eigenvalue weighted by Crippen LogP contribution is -2.52. The van der Waals surface area contributed by atoms with Crippen LogP contribution in [0.2, 0.25) is 0 Å². The third kappa shape index (κ3) is 3.82. The van der Waals surface area contributed by atoms with Gasteiger partial charge in [0.05, 0.1) is 17.1 Å². The van der Waals surface area contributed by atoms with Crippen molar-refractivity contribution in [2.75, 3.05) is 36.0 Å². The number of anilines is 3. The lowest BCUT2D eigenvalue weighted by Gasteiger charge is -2.39. The highest BCUT2D eigenvalue weighted by Crippen LogP contribution is 2.48. The van der Waals surface area contributed by atoms with Crippen molar-refractivity contribution < 1.29 is 9.18 Å². The number of carbonyl (C=O) groups is 1. The molecule has 5 nitrogen and oxygen atoms in total. The standard InChI is InChI=1S/C26H21FN4OS2/c27-19-11-9-18(10-12-19)20-17-33-25(28-20)29-13-15-30(16-14-29)26(32)31-21-5-1-3-7-23(21)34-24-8-4-2-6-22(24)31/h1-12,17H,13-16H2. The summed E-state index contributed by atoms with van der Waals surface area (Å²) in [7, 11) is 0. The first kappa shape index (κ1) is 21.2. The lowest BCUT2D eigenvalue weighted by molar-refractivity contribution is 0.203. The molecule has 0 bridgehead atoms. The number of rotatable bonds is 2. The SMILES string of the molecule is O=C(N1CCN(c2nc(-c3ccc(F)cc3)cs2)CC1)N1c2ccccc2Sc2ccccc21. The molecule has 0 atom stereocenters. The quantitative estimate of drug-likeness (QED) is 0.323. The van der Waals surface area contributed by atoms with E-state index in [0.29, 0.717) is 26.2 Å². The Morgan fingerprint density at radius 1 is 0.824 bits per heavy atom. The van der Waals surface area contributed by atoms with Gasteiger partial charge in [0, 0.05) is 46.9 Å². The van der Waals surface area contributed by atoms with Crippen LogP contribution in [-0.4, -0.2) is 42.1 Å². The van der Waals surface area contributed by atoms with Gasteiger partial charge in [0.25, 0.3) is 0 Å². The number of carbonyl (C=O) groups excluding carboxylic acids is 1. The van der Waals surface area contributed by atoms with E-state index in [0.717, 1.165) is 37.6 Å². The van der Waals surface area contributed by atoms with E-state index in [-0.39, 0.29) is 11.8 Å². The molecule has 6 rings (SSSR count). The Morgan fingerprint density at radius 2 is 1.44 bits per heavy atom. The predicted molar refractivity (Wildman–Crippen MR) is 136 cm³/mol. The van der Waals surface area contributed by atoms with E-state index in [4.69, 9.17) is 4.98 Å². The van der Waals surface area contributed by atoms with Crippen molar-refractivity contribution in [3.8, 4) is 11.3 Å². The second-order valence-electron chi connectivity index (χ2n) is 8.15. The summed E-state index contributed by atoms with van der Waals surface area (Å²) in [4.78, 5) is 26.6. The minimum atomic E-state index is -0.252. The Kier molecular flexibility index (Phi) is 5.47. The van der Waals surface area contributed by atoms with Gasteiger partial charge in [-0.1, -0.05) is 36.0 Å². The summed E-state index contributed by atoms with van der Waals surface area (Å²) in [5.74, 6) is -0.252. The van der Waals surface area contributed by atoms with Crippen LogP contribution < -0.4 is 9.80 Å². The summed E-state index contributed by atoms with van der Waals surface area (Å²) >= 11 is 3.28. The van der Waals surface area contributed by atoms with Crippen LogP contribution in [-0.2, 0) is 0 Å². The summed E-state index contributed by atoms with van der Waals surface area (Å²) in [6, 6.07) is 22.5. The zero-order chi connectivity index (χ0) is 23.1. The van der Waals surface area contributed by atoms with Crippen LogP contribution in [0.15, 0.2) is 88.0 Å². The Morgan fingerprint density at radius 3 is 2.09 bits per heavy atom. The van der Waals surface area contributed by atoms with Gasteiger partial charge in [0.2, 0.25) is 0 Å². The fourth-order valence-electron chi connectivity index (χ4n) is 4.30. The molecule has 0 aliphatic carbocycles. The monoisotopic (exact) mass is 488 g/mol. The number of fused-ring (bicyclic) bond motifs is 2. The maximum absolute atomic E-state index is 13.7. The number of benzene rings is 3. The Labute approximate surface area is 205 Å². The molecule has 8 heteroatoms. The maximum atomic E-state index is 13.7. The summed E-state index contributed by atoms with van der Waals surface area (Å²) < 4.78 is 13.2. The molecule has 34 heavy (non-hydrogen) atoms. The van der Waals surface area contributed by atoms with Crippen LogP contribution >= 0.6 is 23.1 Å². The van der Waals surface area contributed by atoms with Gasteiger partial charge in [0.15, 0.2) is 5.13 Å². The normalized spacial score (nSPS) is 15.1. The summed E-state index contributed by atoms with van der Waals surface area (Å²) in [6.07, 6.45) is 0. The molecule has 3 heterocycles. The van der Waals surface area contributed by atoms with Crippen molar-refractivity contribution in [2.24, 2.45) is 0 Å². The molecule has 0 radical (unpaired) electrons. The molecule has 0 unspecified atom stereocenters. The van der Waals surface area contributed by atoms with Crippen LogP contribution in [0.3, 0.4) is 0 Å². The molecule has 4 aromatic rings. The summed E-state index contributed by atoms with van der Waals surface area (Å²) in [5.41, 5.74) is 3.61. The molecule has 2 aliphatic rings. The number of nitrogens with zero attached hydrogens (tertiary/aromatic N) is 4. The first-order valence-corrected chi connectivity index (χ1v) is 12.8. The van der Waals surface area contributed by atoms with Crippen molar-refractivity contribution in [1.29, 1.82) is 0 Å². The van der Waals surface area contributed by atoms with Crippen molar-refractivity contribution in [3.05, 3.63) is 84.0 Å². The minimum Gasteiger partial charge on any atom is -0.345 e. The highest BCUT2D eigenvalue weighted by molar-refractivity contribution is 7.99. The van der Waals surface area contributed by atoms with Gasteiger partial charge in [-0.15, -0.1) is 11.3 Å². The molecule has 2 amide bonds. The first-order chi connectivity index (χ1) is 16.7. The number of thiazole rings is 1. The van der Waals surface area contributed by atoms with Crippen LogP contribution in [0.5, 0.6) is 0 Å². The number of amides is 2. The average Bonchev–Trinajstić information content (AvgIpc) is 3.38. The molecule has 170 valence electrons. The molecule has 0 saturated carbocycles. The Balaban J connectivity index is 1.19. The van der Waals surface area contributed by atoms with Gasteiger partial charge in [-0.25, -0.2) is 14.2 Å². The highest BCUT2D eigenvalue weighted by Gasteiger charge is 2.32. The van der Waals surface area contributed by atoms with Gasteiger partial charge in [-0.05, 0) is 48.5 Å². The molecule has 1 saturated heterocycles. The van der Waals surface area contributed by atoms with Crippen LogP contribution in [0.1, 0.15) is 0 Å². The molecule has 2 aliphatic heterocycles. The molecule has 0 N–H and O–H groups in total. The van der Waals surface area contributed by atoms with E-state index in [2.05, 4.69) is 17.0 Å². The second-order valence-corrected chi connectivity index (χ2v) is 10.1. The first-order valence-electron chi connectivity index (χ1n) is 11.1. The number of hydrogen-bond donors (Lipinski definition) is 0. The Bertz CT molecular complexity index is 1300. The van der Waals surface area contributed by atoms with E-state index < -0.39 is 0 Å². The predicted octanol–water partition coefficient (Wildman–Crippen LogP) is 6.49. The smallest absolute Gasteiger partial charge is 0.329 e. The number of halogens is 1. The lowest BCUT2D eigenvalue weighted by atomic mass is 10.2. The number of hydrogen-bond acceptors (Lipinski definition) is 5. The van der Waals surface area contributed by atoms with Crippen molar-refractivity contribution in [3.63, 3.8) is 0 Å². The van der Waals surface area contributed by atoms with Gasteiger partial charge in [-0.2, -0.15) is 0 Å². The zero-order valence-electron chi connectivity index (χ0n) is 18.2. The van der Waals surface area contributed by atoms with E-state index >= 15 is 0 Å². The average molecular weight is 489 g/mol. The fraction of sp³-hybridized carbons (Fsp3) is 0.154. The van der Waals surface area contributed by atoms with Crippen molar-refractivity contribution in [2.45, 2.75) is 9.79 Å². The van der Waals surface area contributed by atoms with E-state index in [1.807, 2.05) is 51.6 Å². The van der Waals surface area contributed by atoms with Gasteiger partial charge >= 0.3 is 6.03 Å². The van der Waals surface area contributed by atoms with Crippen LogP contribution in [0.25, 0.3) is 11.3 Å². The topological polar surface area (TPSA) is 39.7 Å². The van der Waals surface area contributed by atoms with Crippen LogP contribution in [0, 0.1) is 5.82 Å². The number of urea groups is 1. The fourth-order valence-corrected chi connectivity index (χ4v) is 6.25. The van der Waals surface area contributed by atoms with Gasteiger partial charge in [0.1, 0.15) is 5.82 Å². The molecular formula is C26H21FN4OS2. The molecule has 3 aromatic carbocycles. The third-order valence-corrected chi connectivity index (χ3v) is 8.11. The largest absolute Gasteiger partial charge is 0.345 e. The highest BCUT2D eigenvalue weighted by atomic mass is 32.2. The maximum Gasteiger partial charge on any atom is 0.329 e. The Hall–Kier alpha value is -3.36. The molecule has 1 fully saturated rings. The third-order valence-electron chi connectivity index (χ3n) is 6.08. The van der Waals surface area contributed by atoms with Gasteiger partial charge < -0.3 is 9.80 Å². The summed E-state index contributed by atoms with van der Waals surface area (Å²) in [5, 5.41) is 2.93. The number of para-hydroxylation sites is 2. The molecule has 1 aromatic heterocycles. The minimum absolute atomic E-state index is 0.00555. The molecule has 0 spiro atoms. The number of aromatic nitrogens is 1.